The van der Waals surface area contributed by atoms with Crippen molar-refractivity contribution >= 4 is 50.7 Å². The Labute approximate surface area is 232 Å². The van der Waals surface area contributed by atoms with Gasteiger partial charge in [-0.1, -0.05) is 11.6 Å². The predicted octanol–water partition coefficient (Wildman–Crippen LogP) is 5.13. The first-order chi connectivity index (χ1) is 18.3. The average Bonchev–Trinajstić information content (AvgIpc) is 3.54. The molecular formula is C29H33ClN4O3S. The topological polar surface area (TPSA) is 66.0 Å². The summed E-state index contributed by atoms with van der Waals surface area (Å²) in [4.78, 5) is 36.5. The molecule has 9 heteroatoms. The number of likely N-dealkylation sites (tertiary alicyclic amines) is 2. The van der Waals surface area contributed by atoms with Crippen LogP contribution in [0, 0.1) is 0 Å². The zero-order valence-corrected chi connectivity index (χ0v) is 23.7. The van der Waals surface area contributed by atoms with Crippen LogP contribution in [-0.4, -0.2) is 72.0 Å². The Morgan fingerprint density at radius 1 is 1.16 bits per heavy atom. The lowest BCUT2D eigenvalue weighted by molar-refractivity contribution is -0.138. The van der Waals surface area contributed by atoms with Crippen LogP contribution in [0.3, 0.4) is 0 Å². The lowest BCUT2D eigenvalue weighted by Gasteiger charge is -2.38. The first-order valence-corrected chi connectivity index (χ1v) is 14.5. The summed E-state index contributed by atoms with van der Waals surface area (Å²) in [6, 6.07) is 8.68. The van der Waals surface area contributed by atoms with Gasteiger partial charge in [0.1, 0.15) is 0 Å². The lowest BCUT2D eigenvalue weighted by Crippen LogP contribution is -2.42. The molecule has 2 aromatic heterocycles. The highest BCUT2D eigenvalue weighted by atomic mass is 35.5. The number of rotatable bonds is 6. The normalized spacial score (nSPS) is 24.2. The second-order valence-corrected chi connectivity index (χ2v) is 12.7. The highest BCUT2D eigenvalue weighted by Crippen LogP contribution is 2.46. The molecule has 7 nitrogen and oxygen atoms in total. The molecule has 3 aromatic rings. The van der Waals surface area contributed by atoms with Gasteiger partial charge in [0.05, 0.1) is 23.4 Å². The molecule has 5 heterocycles. The number of imide groups is 1. The average molecular weight is 553 g/mol. The first kappa shape index (κ1) is 25.7. The number of hydrogen-bond acceptors (Lipinski definition) is 7. The Kier molecular flexibility index (Phi) is 6.71. The van der Waals surface area contributed by atoms with Gasteiger partial charge in [-0.15, -0.1) is 11.3 Å². The van der Waals surface area contributed by atoms with Gasteiger partial charge < -0.3 is 9.64 Å². The van der Waals surface area contributed by atoms with Crippen molar-refractivity contribution in [1.82, 2.24) is 14.8 Å². The number of fused-ring (bicyclic) bond motifs is 2. The summed E-state index contributed by atoms with van der Waals surface area (Å²) in [5, 5.41) is 0.739. The number of aryl methyl sites for hydroxylation is 1. The third kappa shape index (κ3) is 4.41. The summed E-state index contributed by atoms with van der Waals surface area (Å²) < 4.78 is 6.66. The number of amides is 2. The third-order valence-corrected chi connectivity index (χ3v) is 9.85. The van der Waals surface area contributed by atoms with Crippen LogP contribution in [0.2, 0.25) is 5.02 Å². The second-order valence-electron chi connectivity index (χ2n) is 11.1. The number of benzene rings is 1. The summed E-state index contributed by atoms with van der Waals surface area (Å²) in [5.41, 5.74) is 5.67. The van der Waals surface area contributed by atoms with Gasteiger partial charge in [-0.3, -0.25) is 24.4 Å². The van der Waals surface area contributed by atoms with E-state index in [0.717, 1.165) is 63.6 Å². The number of hydrogen-bond donors (Lipinski definition) is 0. The summed E-state index contributed by atoms with van der Waals surface area (Å²) >= 11 is 8.32. The highest BCUT2D eigenvalue weighted by molar-refractivity contribution is 7.19. The van der Waals surface area contributed by atoms with Crippen LogP contribution >= 0.6 is 22.9 Å². The zero-order valence-electron chi connectivity index (χ0n) is 22.1. The molecular weight excluding hydrogens is 520 g/mol. The molecule has 0 spiro atoms. The maximum Gasteiger partial charge on any atom is 0.230 e. The van der Waals surface area contributed by atoms with Gasteiger partial charge in [-0.2, -0.15) is 0 Å². The van der Waals surface area contributed by atoms with Crippen LogP contribution in [0.15, 0.2) is 30.5 Å². The van der Waals surface area contributed by atoms with E-state index in [4.69, 9.17) is 16.3 Å². The fourth-order valence-electron chi connectivity index (χ4n) is 6.49. The molecule has 0 N–H and O–H groups in total. The van der Waals surface area contributed by atoms with E-state index in [2.05, 4.69) is 47.0 Å². The number of likely N-dealkylation sites (N-methyl/N-ethyl adjacent to an activating group) is 1. The number of nitrogens with zero attached hydrogens (tertiary/aromatic N) is 4. The molecule has 0 unspecified atom stereocenters. The summed E-state index contributed by atoms with van der Waals surface area (Å²) in [5.74, 6) is -0.190. The van der Waals surface area contributed by atoms with Crippen molar-refractivity contribution in [1.29, 1.82) is 0 Å². The number of thiophene rings is 1. The maximum absolute atomic E-state index is 12.2. The zero-order chi connectivity index (χ0) is 26.6. The molecule has 2 saturated heterocycles. The number of ether oxygens (including phenoxy) is 1. The molecule has 0 aliphatic carbocycles. The van der Waals surface area contributed by atoms with Crippen molar-refractivity contribution in [2.24, 2.45) is 0 Å². The van der Waals surface area contributed by atoms with Crippen LogP contribution in [0.5, 0.6) is 0 Å². The second kappa shape index (κ2) is 9.90. The van der Waals surface area contributed by atoms with Crippen LogP contribution < -0.4 is 4.90 Å². The van der Waals surface area contributed by atoms with Gasteiger partial charge in [-0.25, -0.2) is 0 Å². The maximum atomic E-state index is 12.2. The molecule has 200 valence electrons. The van der Waals surface area contributed by atoms with E-state index in [1.807, 2.05) is 12.3 Å². The Morgan fingerprint density at radius 3 is 2.71 bits per heavy atom. The molecule has 6 rings (SSSR count). The van der Waals surface area contributed by atoms with Gasteiger partial charge in [0.25, 0.3) is 0 Å². The number of halogens is 1. The van der Waals surface area contributed by atoms with E-state index in [-0.39, 0.29) is 17.4 Å². The van der Waals surface area contributed by atoms with Crippen LogP contribution in [0.25, 0.3) is 21.3 Å². The fraction of sp³-hybridized carbons (Fsp3) is 0.483. The standard InChI is InChI=1S/C29H33ClN4O3S/c1-29(17-37-3)14-20(15-32(29)2)33-10-4-5-18-11-19(30)12-23(27(18)33)22-8-9-31-24-13-21(38-28(22)24)16-34-25(35)6-7-26(34)36/h8-9,11-13,20H,4-7,10,14-17H2,1-3H3/t20-,29+/m0/s1. The monoisotopic (exact) mass is 552 g/mol. The number of aromatic nitrogens is 1. The molecule has 0 saturated carbocycles. The Bertz CT molecular complexity index is 1410. The fourth-order valence-corrected chi connectivity index (χ4v) is 7.86. The third-order valence-electron chi connectivity index (χ3n) is 8.49. The van der Waals surface area contributed by atoms with Gasteiger partial charge in [-0.05, 0) is 63.1 Å². The van der Waals surface area contributed by atoms with Crippen LogP contribution in [0.1, 0.15) is 43.0 Å². The van der Waals surface area contributed by atoms with Crippen molar-refractivity contribution < 1.29 is 14.3 Å². The minimum Gasteiger partial charge on any atom is -0.383 e. The van der Waals surface area contributed by atoms with E-state index in [0.29, 0.717) is 32.0 Å². The van der Waals surface area contributed by atoms with Crippen LogP contribution in [0.4, 0.5) is 5.69 Å². The number of pyridine rings is 1. The van der Waals surface area contributed by atoms with Crippen molar-refractivity contribution in [2.75, 3.05) is 38.8 Å². The van der Waals surface area contributed by atoms with Crippen LogP contribution in [-0.2, 0) is 27.3 Å². The largest absolute Gasteiger partial charge is 0.383 e. The Morgan fingerprint density at radius 2 is 1.95 bits per heavy atom. The molecule has 38 heavy (non-hydrogen) atoms. The molecule has 1 aromatic carbocycles. The van der Waals surface area contributed by atoms with Crippen molar-refractivity contribution in [3.05, 3.63) is 45.9 Å². The van der Waals surface area contributed by atoms with Crippen molar-refractivity contribution in [2.45, 2.75) is 57.2 Å². The van der Waals surface area contributed by atoms with E-state index in [9.17, 15) is 9.59 Å². The Hall–Kier alpha value is -2.52. The summed E-state index contributed by atoms with van der Waals surface area (Å²) in [6.07, 6.45) is 5.58. The smallest absolute Gasteiger partial charge is 0.230 e. The van der Waals surface area contributed by atoms with Crippen molar-refractivity contribution in [3.8, 4) is 11.1 Å². The summed E-state index contributed by atoms with van der Waals surface area (Å²) in [6.45, 7) is 5.30. The number of methoxy groups -OCH3 is 1. The molecule has 2 atom stereocenters. The quantitative estimate of drug-likeness (QED) is 0.395. The predicted molar refractivity (Wildman–Crippen MR) is 152 cm³/mol. The van der Waals surface area contributed by atoms with Crippen molar-refractivity contribution in [3.63, 3.8) is 0 Å². The minimum atomic E-state index is -0.0952. The molecule has 3 aliphatic heterocycles. The number of carbonyl (C=O) groups is 2. The molecule has 2 fully saturated rings. The van der Waals surface area contributed by atoms with Gasteiger partial charge in [0.2, 0.25) is 11.8 Å². The van der Waals surface area contributed by atoms with Gasteiger partial charge in [0.15, 0.2) is 0 Å². The Balaban J connectivity index is 1.42. The van der Waals surface area contributed by atoms with Gasteiger partial charge >= 0.3 is 0 Å². The van der Waals surface area contributed by atoms with Gasteiger partial charge in [0, 0.05) is 77.5 Å². The molecule has 0 radical (unpaired) electrons. The number of anilines is 1. The molecule has 3 aliphatic rings. The van der Waals surface area contributed by atoms with E-state index in [1.54, 1.807) is 18.4 Å². The molecule has 2 amide bonds. The summed E-state index contributed by atoms with van der Waals surface area (Å²) in [7, 11) is 3.98. The van der Waals surface area contributed by atoms with E-state index >= 15 is 0 Å². The van der Waals surface area contributed by atoms with E-state index < -0.39 is 0 Å². The van der Waals surface area contributed by atoms with E-state index in [1.165, 1.54) is 16.2 Å². The lowest BCUT2D eigenvalue weighted by atomic mass is 9.91. The highest BCUT2D eigenvalue weighted by Gasteiger charge is 2.43. The molecule has 0 bridgehead atoms. The number of carbonyl (C=O) groups excluding carboxylic acids is 2. The minimum absolute atomic E-state index is 0.000639. The first-order valence-electron chi connectivity index (χ1n) is 13.3. The SMILES string of the molecule is COC[C@@]1(C)C[C@H](N2CCCc3cc(Cl)cc(-c4ccnc5cc(CN6C(=O)CCC6=O)sc45)c32)CN1C.